The molecule has 2 aromatic carbocycles. The van der Waals surface area contributed by atoms with Gasteiger partial charge < -0.3 is 31.5 Å². The second kappa shape index (κ2) is 17.1. The molecule has 12 heteroatoms. The first-order valence-corrected chi connectivity index (χ1v) is 19.5. The number of carboxylic acid groups (broad SMARTS) is 2. The summed E-state index contributed by atoms with van der Waals surface area (Å²) in [4.78, 5) is 59.6. The molecular weight excluding hydrogens is 709 g/mol. The molecule has 2 amide bonds. The number of amides is 2. The topological polar surface area (TPSA) is 183 Å². The van der Waals surface area contributed by atoms with Crippen LogP contribution in [0.2, 0.25) is 0 Å². The maximum Gasteiger partial charge on any atom is 0.320 e. The summed E-state index contributed by atoms with van der Waals surface area (Å²) in [5.41, 5.74) is 9.21. The fourth-order valence-corrected chi connectivity index (χ4v) is 7.25. The third-order valence-electron chi connectivity index (χ3n) is 10.9. The van der Waals surface area contributed by atoms with Crippen molar-refractivity contribution in [3.8, 4) is 11.1 Å². The Hall–Kier alpha value is -5.46. The van der Waals surface area contributed by atoms with Crippen molar-refractivity contribution in [1.29, 1.82) is 0 Å². The largest absolute Gasteiger partial charge is 0.480 e. The van der Waals surface area contributed by atoms with Crippen LogP contribution in [0.5, 0.6) is 0 Å². The summed E-state index contributed by atoms with van der Waals surface area (Å²) in [6.07, 6.45) is 7.42. The van der Waals surface area contributed by atoms with Gasteiger partial charge in [-0.2, -0.15) is 0 Å². The zero-order valence-electron chi connectivity index (χ0n) is 32.9. The Kier molecular flexibility index (Phi) is 12.3. The van der Waals surface area contributed by atoms with Crippen molar-refractivity contribution in [2.24, 2.45) is 11.8 Å². The lowest BCUT2D eigenvalue weighted by Gasteiger charge is -2.19. The molecular formula is C44H52N6O6. The van der Waals surface area contributed by atoms with E-state index in [4.69, 9.17) is 0 Å². The average molecular weight is 761 g/mol. The van der Waals surface area contributed by atoms with Crippen molar-refractivity contribution >= 4 is 35.1 Å². The Morgan fingerprint density at radius 3 is 1.34 bits per heavy atom. The van der Waals surface area contributed by atoms with Crippen molar-refractivity contribution in [1.82, 2.24) is 20.6 Å². The lowest BCUT2D eigenvalue weighted by Crippen LogP contribution is -2.40. The van der Waals surface area contributed by atoms with Crippen molar-refractivity contribution < 1.29 is 29.4 Å². The van der Waals surface area contributed by atoms with E-state index in [-0.39, 0.29) is 23.7 Å². The summed E-state index contributed by atoms with van der Waals surface area (Å²) in [6, 6.07) is 13.7. The number of carboxylic acids is 2. The molecule has 56 heavy (non-hydrogen) atoms. The first kappa shape index (κ1) is 40.2. The number of anilines is 2. The molecule has 0 aliphatic heterocycles. The van der Waals surface area contributed by atoms with E-state index in [2.05, 4.69) is 31.2 Å². The minimum absolute atomic E-state index is 0.0824. The highest BCUT2D eigenvalue weighted by Crippen LogP contribution is 2.43. The van der Waals surface area contributed by atoms with Crippen molar-refractivity contribution in [3.63, 3.8) is 0 Å². The zero-order valence-corrected chi connectivity index (χ0v) is 32.9. The van der Waals surface area contributed by atoms with Gasteiger partial charge in [0, 0.05) is 36.9 Å². The zero-order chi connectivity index (χ0) is 40.3. The number of hydrogen-bond donors (Lipinski definition) is 6. The van der Waals surface area contributed by atoms with E-state index in [1.165, 1.54) is 0 Å². The maximum atomic E-state index is 13.6. The SMILES string of the molecule is Cc1c(NC(=O)c2cc(C3CC3)c(CNC(C(=O)O)C(C)C)cn2)cccc1-c1cccc(NC(=O)c2cc(C3CC3)c(CNC(C(=O)O)C(C)C)cn2)c1C. The fourth-order valence-electron chi connectivity index (χ4n) is 7.25. The molecule has 2 aromatic heterocycles. The lowest BCUT2D eigenvalue weighted by molar-refractivity contribution is -0.141. The summed E-state index contributed by atoms with van der Waals surface area (Å²) in [6.45, 7) is 12.1. The van der Waals surface area contributed by atoms with Crippen LogP contribution >= 0.6 is 0 Å². The molecule has 2 aliphatic carbocycles. The van der Waals surface area contributed by atoms with E-state index in [1.54, 1.807) is 12.4 Å². The van der Waals surface area contributed by atoms with Crippen LogP contribution in [0.3, 0.4) is 0 Å². The third kappa shape index (κ3) is 9.31. The fraction of sp³-hybridized carbons (Fsp3) is 0.409. The van der Waals surface area contributed by atoms with Gasteiger partial charge in [-0.3, -0.25) is 29.1 Å². The number of aliphatic carboxylic acids is 2. The van der Waals surface area contributed by atoms with E-state index in [1.807, 2.05) is 90.1 Å². The summed E-state index contributed by atoms with van der Waals surface area (Å²) in [7, 11) is 0. The maximum absolute atomic E-state index is 13.6. The first-order chi connectivity index (χ1) is 26.7. The molecule has 2 aliphatic rings. The number of carbonyl (C=O) groups excluding carboxylic acids is 2. The van der Waals surface area contributed by atoms with Gasteiger partial charge in [0.1, 0.15) is 23.5 Å². The number of nitrogens with one attached hydrogen (secondary N) is 4. The number of aromatic nitrogens is 2. The van der Waals surface area contributed by atoms with E-state index >= 15 is 0 Å². The molecule has 6 rings (SSSR count). The molecule has 294 valence electrons. The van der Waals surface area contributed by atoms with Gasteiger partial charge >= 0.3 is 11.9 Å². The Balaban J connectivity index is 1.17. The number of pyridine rings is 2. The van der Waals surface area contributed by atoms with Gasteiger partial charge in [0.15, 0.2) is 0 Å². The average Bonchev–Trinajstić information content (AvgIpc) is 4.08. The minimum atomic E-state index is -0.895. The number of nitrogens with zero attached hydrogens (tertiary/aromatic N) is 2. The summed E-state index contributed by atoms with van der Waals surface area (Å²) in [5, 5.41) is 31.6. The summed E-state index contributed by atoms with van der Waals surface area (Å²) in [5.74, 6) is -1.98. The molecule has 0 radical (unpaired) electrons. The van der Waals surface area contributed by atoms with Crippen LogP contribution in [0.25, 0.3) is 11.1 Å². The van der Waals surface area contributed by atoms with Crippen LogP contribution in [0, 0.1) is 25.7 Å². The van der Waals surface area contributed by atoms with Gasteiger partial charge in [-0.25, -0.2) is 0 Å². The molecule has 0 spiro atoms. The third-order valence-corrected chi connectivity index (χ3v) is 10.9. The Labute approximate surface area is 327 Å². The monoisotopic (exact) mass is 760 g/mol. The Morgan fingerprint density at radius 2 is 1.02 bits per heavy atom. The molecule has 12 nitrogen and oxygen atoms in total. The highest BCUT2D eigenvalue weighted by Gasteiger charge is 2.30. The van der Waals surface area contributed by atoms with Gasteiger partial charge in [0.2, 0.25) is 0 Å². The van der Waals surface area contributed by atoms with Gasteiger partial charge in [0.05, 0.1) is 0 Å². The normalized spacial score (nSPS) is 15.1. The molecule has 4 aromatic rings. The van der Waals surface area contributed by atoms with Crippen LogP contribution in [0.1, 0.15) is 120 Å². The second-order valence-electron chi connectivity index (χ2n) is 15.8. The van der Waals surface area contributed by atoms with Gasteiger partial charge in [-0.1, -0.05) is 52.0 Å². The Morgan fingerprint density at radius 1 is 0.643 bits per heavy atom. The number of hydrogen-bond acceptors (Lipinski definition) is 8. The predicted molar refractivity (Wildman–Crippen MR) is 216 cm³/mol. The summed E-state index contributed by atoms with van der Waals surface area (Å²) < 4.78 is 0. The smallest absolute Gasteiger partial charge is 0.320 e. The van der Waals surface area contributed by atoms with E-state index in [9.17, 15) is 29.4 Å². The number of benzene rings is 2. The van der Waals surface area contributed by atoms with Crippen molar-refractivity contribution in [2.75, 3.05) is 10.6 Å². The molecule has 0 saturated heterocycles. The van der Waals surface area contributed by atoms with Crippen LogP contribution in [0.15, 0.2) is 60.9 Å². The van der Waals surface area contributed by atoms with Crippen LogP contribution in [0.4, 0.5) is 11.4 Å². The van der Waals surface area contributed by atoms with Crippen molar-refractivity contribution in [2.45, 2.75) is 104 Å². The molecule has 6 N–H and O–H groups in total. The molecule has 2 fully saturated rings. The van der Waals surface area contributed by atoms with Crippen LogP contribution < -0.4 is 21.3 Å². The second-order valence-corrected chi connectivity index (χ2v) is 15.8. The van der Waals surface area contributed by atoms with Crippen molar-refractivity contribution in [3.05, 3.63) is 106 Å². The highest BCUT2D eigenvalue weighted by atomic mass is 16.4. The van der Waals surface area contributed by atoms with Crippen LogP contribution in [-0.4, -0.2) is 56.0 Å². The molecule has 0 bridgehead atoms. The first-order valence-electron chi connectivity index (χ1n) is 19.5. The highest BCUT2D eigenvalue weighted by molar-refractivity contribution is 6.05. The van der Waals surface area contributed by atoms with E-state index < -0.39 is 24.0 Å². The Bertz CT molecular complexity index is 1990. The van der Waals surface area contributed by atoms with Gasteiger partial charge in [-0.05, 0) is 132 Å². The molecule has 2 unspecified atom stereocenters. The van der Waals surface area contributed by atoms with Gasteiger partial charge in [-0.15, -0.1) is 0 Å². The summed E-state index contributed by atoms with van der Waals surface area (Å²) >= 11 is 0. The predicted octanol–water partition coefficient (Wildman–Crippen LogP) is 7.42. The van der Waals surface area contributed by atoms with E-state index in [0.29, 0.717) is 47.7 Å². The van der Waals surface area contributed by atoms with E-state index in [0.717, 1.165) is 70.2 Å². The molecule has 2 atom stereocenters. The lowest BCUT2D eigenvalue weighted by atomic mass is 9.94. The number of rotatable bonds is 17. The van der Waals surface area contributed by atoms with Gasteiger partial charge in [0.25, 0.3) is 11.8 Å². The quantitative estimate of drug-likeness (QED) is 0.0634. The molecule has 2 saturated carbocycles. The standard InChI is InChI=1S/C44H52N6O6/c1-23(2)39(43(53)54)47-21-29-19-45-37(17-33(29)27-13-14-27)41(51)49-35-11-7-9-31(25(35)5)32-10-8-12-36(26(32)6)50-42(52)38-18-34(28-15-16-28)30(20-46-38)22-48-40(24(3)4)44(55)56/h7-12,17-20,23-24,27-28,39-40,47-48H,13-16,21-22H2,1-6H3,(H,49,51)(H,50,52)(H,53,54)(H,55,56). The minimum Gasteiger partial charge on any atom is -0.480 e. The molecule has 2 heterocycles. The number of carbonyl (C=O) groups is 4. The van der Waals surface area contributed by atoms with Crippen LogP contribution in [-0.2, 0) is 22.7 Å².